The van der Waals surface area contributed by atoms with Crippen molar-refractivity contribution < 1.29 is 14.6 Å². The number of carboxylic acid groups (broad SMARTS) is 1. The van der Waals surface area contributed by atoms with Gasteiger partial charge in [0.2, 0.25) is 0 Å². The van der Waals surface area contributed by atoms with E-state index in [0.717, 1.165) is 26.0 Å². The molecule has 2 atom stereocenters. The van der Waals surface area contributed by atoms with E-state index in [0.29, 0.717) is 12.6 Å². The fourth-order valence-electron chi connectivity index (χ4n) is 1.35. The maximum atomic E-state index is 10.5. The topological polar surface area (TPSA) is 58.6 Å². The summed E-state index contributed by atoms with van der Waals surface area (Å²) in [6.45, 7) is 3.85. The van der Waals surface area contributed by atoms with Gasteiger partial charge < -0.3 is 15.2 Å². The van der Waals surface area contributed by atoms with Gasteiger partial charge in [0.15, 0.2) is 0 Å². The van der Waals surface area contributed by atoms with Crippen LogP contribution >= 0.6 is 0 Å². The minimum Gasteiger partial charge on any atom is -0.481 e. The van der Waals surface area contributed by atoms with Crippen molar-refractivity contribution in [2.45, 2.75) is 25.9 Å². The molecule has 0 amide bonds. The van der Waals surface area contributed by atoms with E-state index >= 15 is 0 Å². The highest BCUT2D eigenvalue weighted by Gasteiger charge is 2.16. The predicted octanol–water partition coefficient (Wildman–Crippen LogP) is 0.476. The van der Waals surface area contributed by atoms with Crippen LogP contribution in [0.25, 0.3) is 0 Å². The molecular weight excluding hydrogens is 170 g/mol. The number of hydrogen-bond donors (Lipinski definition) is 2. The molecule has 13 heavy (non-hydrogen) atoms. The lowest BCUT2D eigenvalue weighted by Gasteiger charge is -2.12. The lowest BCUT2D eigenvalue weighted by atomic mass is 10.2. The normalized spacial score (nSPS) is 24.5. The van der Waals surface area contributed by atoms with Crippen molar-refractivity contribution in [3.63, 3.8) is 0 Å². The lowest BCUT2D eigenvalue weighted by Crippen LogP contribution is -2.32. The van der Waals surface area contributed by atoms with Crippen molar-refractivity contribution in [1.29, 1.82) is 0 Å². The van der Waals surface area contributed by atoms with Crippen LogP contribution in [0.5, 0.6) is 0 Å². The van der Waals surface area contributed by atoms with E-state index in [1.165, 1.54) is 0 Å². The van der Waals surface area contributed by atoms with Gasteiger partial charge in [0, 0.05) is 19.7 Å². The smallest absolute Gasteiger partial charge is 0.307 e. The van der Waals surface area contributed by atoms with Crippen LogP contribution in [0.1, 0.15) is 19.8 Å². The molecule has 0 bridgehead atoms. The zero-order valence-corrected chi connectivity index (χ0v) is 7.95. The number of carbonyl (C=O) groups is 1. The molecule has 1 fully saturated rings. The van der Waals surface area contributed by atoms with Crippen LogP contribution in [0.15, 0.2) is 0 Å². The molecule has 4 heteroatoms. The highest BCUT2D eigenvalue weighted by molar-refractivity contribution is 5.69. The predicted molar refractivity (Wildman–Crippen MR) is 48.6 cm³/mol. The summed E-state index contributed by atoms with van der Waals surface area (Å²) in [6.07, 6.45) is 2.51. The molecule has 1 aliphatic rings. The summed E-state index contributed by atoms with van der Waals surface area (Å²) in [4.78, 5) is 10.5. The van der Waals surface area contributed by atoms with Gasteiger partial charge in [0.25, 0.3) is 0 Å². The fourth-order valence-corrected chi connectivity index (χ4v) is 1.35. The highest BCUT2D eigenvalue weighted by Crippen LogP contribution is 2.10. The standard InChI is InChI=1S/C9H17NO3/c1-7(9(11)12)5-10-6-8-3-2-4-13-8/h7-8,10H,2-6H2,1H3,(H,11,12). The number of hydrogen-bond acceptors (Lipinski definition) is 3. The third kappa shape index (κ3) is 3.74. The maximum absolute atomic E-state index is 10.5. The second-order valence-corrected chi connectivity index (χ2v) is 3.53. The summed E-state index contributed by atoms with van der Waals surface area (Å²) in [5.74, 6) is -1.07. The van der Waals surface area contributed by atoms with Crippen LogP contribution in [-0.4, -0.2) is 36.9 Å². The second kappa shape index (κ2) is 5.19. The minimum absolute atomic E-state index is 0.293. The molecule has 0 aliphatic carbocycles. The Kier molecular flexibility index (Phi) is 4.18. The number of nitrogens with one attached hydrogen (secondary N) is 1. The third-order valence-electron chi connectivity index (χ3n) is 2.27. The molecule has 1 saturated heterocycles. The first kappa shape index (κ1) is 10.5. The summed E-state index contributed by atoms with van der Waals surface area (Å²) in [6, 6.07) is 0. The van der Waals surface area contributed by atoms with Crippen LogP contribution < -0.4 is 5.32 Å². The van der Waals surface area contributed by atoms with Crippen molar-refractivity contribution in [2.24, 2.45) is 5.92 Å². The fraction of sp³-hybridized carbons (Fsp3) is 0.889. The van der Waals surface area contributed by atoms with E-state index in [4.69, 9.17) is 9.84 Å². The third-order valence-corrected chi connectivity index (χ3v) is 2.27. The molecule has 0 radical (unpaired) electrons. The molecule has 1 rings (SSSR count). The Morgan fingerprint density at radius 2 is 2.54 bits per heavy atom. The van der Waals surface area contributed by atoms with E-state index in [1.807, 2.05) is 0 Å². The Hall–Kier alpha value is -0.610. The summed E-state index contributed by atoms with van der Waals surface area (Å²) >= 11 is 0. The molecule has 2 N–H and O–H groups in total. The van der Waals surface area contributed by atoms with Crippen molar-refractivity contribution in [3.8, 4) is 0 Å². The molecule has 0 spiro atoms. The molecule has 2 unspecified atom stereocenters. The molecule has 4 nitrogen and oxygen atoms in total. The Labute approximate surface area is 78.3 Å². The van der Waals surface area contributed by atoms with Crippen molar-refractivity contribution in [2.75, 3.05) is 19.7 Å². The Morgan fingerprint density at radius 1 is 1.77 bits per heavy atom. The summed E-state index contributed by atoms with van der Waals surface area (Å²) in [5, 5.41) is 11.7. The van der Waals surface area contributed by atoms with Crippen LogP contribution in [0, 0.1) is 5.92 Å². The number of aliphatic carboxylic acids is 1. The zero-order chi connectivity index (χ0) is 9.68. The van der Waals surface area contributed by atoms with Gasteiger partial charge in [-0.1, -0.05) is 6.92 Å². The number of ether oxygens (including phenoxy) is 1. The minimum atomic E-state index is -0.750. The lowest BCUT2D eigenvalue weighted by molar-refractivity contribution is -0.140. The van der Waals surface area contributed by atoms with Crippen molar-refractivity contribution >= 4 is 5.97 Å². The summed E-state index contributed by atoms with van der Waals surface area (Å²) in [7, 11) is 0. The van der Waals surface area contributed by atoms with E-state index < -0.39 is 5.97 Å². The molecule has 0 saturated carbocycles. The second-order valence-electron chi connectivity index (χ2n) is 3.53. The monoisotopic (exact) mass is 187 g/mol. The molecule has 1 aliphatic heterocycles. The van der Waals surface area contributed by atoms with Gasteiger partial charge in [-0.15, -0.1) is 0 Å². The van der Waals surface area contributed by atoms with Gasteiger partial charge in [-0.3, -0.25) is 4.79 Å². The summed E-state index contributed by atoms with van der Waals surface area (Å²) < 4.78 is 5.39. The Morgan fingerprint density at radius 3 is 3.08 bits per heavy atom. The first-order valence-electron chi connectivity index (χ1n) is 4.75. The van der Waals surface area contributed by atoms with Crippen LogP contribution in [0.2, 0.25) is 0 Å². The van der Waals surface area contributed by atoms with E-state index in [-0.39, 0.29) is 5.92 Å². The van der Waals surface area contributed by atoms with Gasteiger partial charge in [-0.05, 0) is 12.8 Å². The Bertz CT molecular complexity index is 166. The van der Waals surface area contributed by atoms with Crippen molar-refractivity contribution in [1.82, 2.24) is 5.32 Å². The largest absolute Gasteiger partial charge is 0.481 e. The zero-order valence-electron chi connectivity index (χ0n) is 7.95. The number of carboxylic acids is 1. The van der Waals surface area contributed by atoms with Gasteiger partial charge in [-0.2, -0.15) is 0 Å². The summed E-state index contributed by atoms with van der Waals surface area (Å²) in [5.41, 5.74) is 0. The Balaban J connectivity index is 2.02. The van der Waals surface area contributed by atoms with Gasteiger partial charge in [0.1, 0.15) is 0 Å². The average molecular weight is 187 g/mol. The SMILES string of the molecule is CC(CNCC1CCCO1)C(=O)O. The van der Waals surface area contributed by atoms with E-state index in [2.05, 4.69) is 5.32 Å². The molecule has 0 aromatic carbocycles. The average Bonchev–Trinajstić information content (AvgIpc) is 2.56. The van der Waals surface area contributed by atoms with Gasteiger partial charge in [-0.25, -0.2) is 0 Å². The molecular formula is C9H17NO3. The van der Waals surface area contributed by atoms with Gasteiger partial charge >= 0.3 is 5.97 Å². The molecule has 0 aromatic heterocycles. The maximum Gasteiger partial charge on any atom is 0.307 e. The van der Waals surface area contributed by atoms with E-state index in [1.54, 1.807) is 6.92 Å². The number of rotatable bonds is 5. The van der Waals surface area contributed by atoms with E-state index in [9.17, 15) is 4.79 Å². The van der Waals surface area contributed by atoms with Crippen LogP contribution in [0.4, 0.5) is 0 Å². The molecule has 76 valence electrons. The van der Waals surface area contributed by atoms with Crippen molar-refractivity contribution in [3.05, 3.63) is 0 Å². The van der Waals surface area contributed by atoms with Crippen LogP contribution in [0.3, 0.4) is 0 Å². The first-order chi connectivity index (χ1) is 6.20. The molecule has 1 heterocycles. The first-order valence-corrected chi connectivity index (χ1v) is 4.75. The van der Waals surface area contributed by atoms with Crippen LogP contribution in [-0.2, 0) is 9.53 Å². The van der Waals surface area contributed by atoms with Gasteiger partial charge in [0.05, 0.1) is 12.0 Å². The highest BCUT2D eigenvalue weighted by atomic mass is 16.5. The quantitative estimate of drug-likeness (QED) is 0.657. The molecule has 0 aromatic rings.